The number of nitrogens with zero attached hydrogens (tertiary/aromatic N) is 4. The lowest BCUT2D eigenvalue weighted by Crippen LogP contribution is -2.37. The number of fused-ring (bicyclic) bond motifs is 1. The topological polar surface area (TPSA) is 82.1 Å². The molecule has 1 N–H and O–H groups in total. The summed E-state index contributed by atoms with van der Waals surface area (Å²) in [7, 11) is 3.04. The Morgan fingerprint density at radius 2 is 1.85 bits per heavy atom. The number of benzene rings is 1. The molecule has 0 saturated carbocycles. The van der Waals surface area contributed by atoms with Crippen molar-refractivity contribution in [1.82, 2.24) is 18.7 Å². The zero-order chi connectivity index (χ0) is 19.0. The molecule has 0 fully saturated rings. The quantitative estimate of drug-likeness (QED) is 0.665. The number of imidazole rings is 1. The Hall–Kier alpha value is -2.03. The molecule has 2 heterocycles. The summed E-state index contributed by atoms with van der Waals surface area (Å²) < 4.78 is 4.22. The van der Waals surface area contributed by atoms with Crippen molar-refractivity contribution in [3.8, 4) is 0 Å². The highest BCUT2D eigenvalue weighted by Crippen LogP contribution is 2.24. The molecule has 0 saturated heterocycles. The second-order valence-electron chi connectivity index (χ2n) is 6.14. The smallest absolute Gasteiger partial charge is 0.332 e. The van der Waals surface area contributed by atoms with Gasteiger partial charge in [0, 0.05) is 24.9 Å². The highest BCUT2D eigenvalue weighted by atomic mass is 35.5. The number of aryl methyl sites for hydroxylation is 1. The Morgan fingerprint density at radius 3 is 2.46 bits per heavy atom. The molecule has 138 valence electrons. The summed E-state index contributed by atoms with van der Waals surface area (Å²) in [6.45, 7) is 2.09. The predicted octanol–water partition coefficient (Wildman–Crippen LogP) is 1.61. The third kappa shape index (κ3) is 3.44. The first kappa shape index (κ1) is 18.8. The summed E-state index contributed by atoms with van der Waals surface area (Å²) in [4.78, 5) is 29.4. The summed E-state index contributed by atoms with van der Waals surface area (Å²) in [5.41, 5.74) is 0.820. The number of hydrogen-bond donors (Lipinski definition) is 1. The van der Waals surface area contributed by atoms with Crippen LogP contribution >= 0.6 is 23.4 Å². The molecule has 2 aromatic heterocycles. The van der Waals surface area contributed by atoms with Gasteiger partial charge in [-0.2, -0.15) is 0 Å². The van der Waals surface area contributed by atoms with Crippen molar-refractivity contribution >= 4 is 34.5 Å². The van der Waals surface area contributed by atoms with Gasteiger partial charge in [-0.05, 0) is 24.6 Å². The first-order chi connectivity index (χ1) is 12.3. The number of aliphatic hydroxyl groups excluding tert-OH is 1. The number of aromatic nitrogens is 4. The Labute approximate surface area is 158 Å². The monoisotopic (exact) mass is 394 g/mol. The van der Waals surface area contributed by atoms with Crippen molar-refractivity contribution in [2.45, 2.75) is 24.7 Å². The van der Waals surface area contributed by atoms with Crippen molar-refractivity contribution in [1.29, 1.82) is 0 Å². The van der Waals surface area contributed by atoms with Gasteiger partial charge in [0.25, 0.3) is 5.56 Å². The molecule has 0 aliphatic carbocycles. The largest absolute Gasteiger partial charge is 0.393 e. The minimum Gasteiger partial charge on any atom is -0.393 e. The molecule has 0 spiro atoms. The lowest BCUT2D eigenvalue weighted by atomic mass is 10.2. The van der Waals surface area contributed by atoms with Crippen molar-refractivity contribution in [3.63, 3.8) is 0 Å². The molecule has 1 atom stereocenters. The Bertz CT molecular complexity index is 1070. The first-order valence-electron chi connectivity index (χ1n) is 8.01. The fourth-order valence-electron chi connectivity index (χ4n) is 2.65. The SMILES string of the molecule is C[C@H](O)CSc1nc2c(c(=O)n(C)c(=O)n2C)n1Cc1ccc(Cl)cc1. The van der Waals surface area contributed by atoms with Gasteiger partial charge in [-0.15, -0.1) is 0 Å². The van der Waals surface area contributed by atoms with Crippen LogP contribution in [0.1, 0.15) is 12.5 Å². The van der Waals surface area contributed by atoms with Crippen molar-refractivity contribution in [2.24, 2.45) is 14.1 Å². The van der Waals surface area contributed by atoms with Crippen molar-refractivity contribution in [3.05, 3.63) is 55.7 Å². The fraction of sp³-hybridized carbons (Fsp3) is 0.353. The average molecular weight is 395 g/mol. The number of halogens is 1. The Morgan fingerprint density at radius 1 is 1.19 bits per heavy atom. The number of thioether (sulfide) groups is 1. The molecule has 1 aromatic carbocycles. The van der Waals surface area contributed by atoms with E-state index >= 15 is 0 Å². The van der Waals surface area contributed by atoms with Gasteiger partial charge in [0.05, 0.1) is 12.6 Å². The zero-order valence-electron chi connectivity index (χ0n) is 14.6. The van der Waals surface area contributed by atoms with E-state index in [1.807, 2.05) is 12.1 Å². The van der Waals surface area contributed by atoms with Crippen LogP contribution < -0.4 is 11.2 Å². The third-order valence-electron chi connectivity index (χ3n) is 4.02. The summed E-state index contributed by atoms with van der Waals surface area (Å²) >= 11 is 7.29. The minimum absolute atomic E-state index is 0.333. The lowest BCUT2D eigenvalue weighted by molar-refractivity contribution is 0.220. The number of rotatable bonds is 5. The number of aliphatic hydroxyl groups is 1. The summed E-state index contributed by atoms with van der Waals surface area (Å²) in [5.74, 6) is 0.429. The molecule has 0 unspecified atom stereocenters. The molecule has 3 rings (SSSR count). The van der Waals surface area contributed by atoms with Gasteiger partial charge in [-0.25, -0.2) is 9.78 Å². The number of hydrogen-bond acceptors (Lipinski definition) is 5. The maximum Gasteiger partial charge on any atom is 0.332 e. The standard InChI is InChI=1S/C17H19ClN4O3S/c1-10(23)9-26-16-19-14-13(15(24)21(3)17(25)20(14)2)22(16)8-11-4-6-12(18)7-5-11/h4-7,10,23H,8-9H2,1-3H3/t10-/m0/s1. The summed E-state index contributed by atoms with van der Waals surface area (Å²) in [6, 6.07) is 7.33. The molecule has 0 aliphatic heterocycles. The van der Waals surface area contributed by atoms with Gasteiger partial charge in [0.2, 0.25) is 0 Å². The highest BCUT2D eigenvalue weighted by Gasteiger charge is 2.20. The maximum atomic E-state index is 12.7. The van der Waals surface area contributed by atoms with Crippen LogP contribution in [0.5, 0.6) is 0 Å². The van der Waals surface area contributed by atoms with E-state index in [0.29, 0.717) is 33.6 Å². The summed E-state index contributed by atoms with van der Waals surface area (Å²) in [5, 5.41) is 10.8. The van der Waals surface area contributed by atoms with Crippen LogP contribution in [0.4, 0.5) is 0 Å². The van der Waals surface area contributed by atoms with E-state index in [1.54, 1.807) is 30.7 Å². The van der Waals surface area contributed by atoms with Crippen LogP contribution in [-0.4, -0.2) is 35.6 Å². The van der Waals surface area contributed by atoms with Crippen LogP contribution in [0.15, 0.2) is 39.0 Å². The van der Waals surface area contributed by atoms with E-state index in [4.69, 9.17) is 11.6 Å². The average Bonchev–Trinajstić information content (AvgIpc) is 2.96. The highest BCUT2D eigenvalue weighted by molar-refractivity contribution is 7.99. The van der Waals surface area contributed by atoms with E-state index in [9.17, 15) is 14.7 Å². The van der Waals surface area contributed by atoms with Crippen molar-refractivity contribution < 1.29 is 5.11 Å². The second kappa shape index (κ2) is 7.30. The molecule has 3 aromatic rings. The normalized spacial score (nSPS) is 12.7. The molecule has 26 heavy (non-hydrogen) atoms. The maximum absolute atomic E-state index is 12.7. The van der Waals surface area contributed by atoms with Crippen LogP contribution in [0.25, 0.3) is 11.2 Å². The first-order valence-corrected chi connectivity index (χ1v) is 9.37. The molecule has 9 heteroatoms. The van der Waals surface area contributed by atoms with Gasteiger partial charge in [0.1, 0.15) is 0 Å². The zero-order valence-corrected chi connectivity index (χ0v) is 16.2. The van der Waals surface area contributed by atoms with Gasteiger partial charge in [-0.3, -0.25) is 13.9 Å². The molecule has 7 nitrogen and oxygen atoms in total. The minimum atomic E-state index is -0.518. The third-order valence-corrected chi connectivity index (χ3v) is 5.49. The van der Waals surface area contributed by atoms with Crippen LogP contribution in [-0.2, 0) is 20.6 Å². The lowest BCUT2D eigenvalue weighted by Gasteiger charge is -2.10. The Balaban J connectivity index is 2.22. The van der Waals surface area contributed by atoms with E-state index in [-0.39, 0.29) is 0 Å². The molecule has 0 bridgehead atoms. The molecular formula is C17H19ClN4O3S. The fourth-order valence-corrected chi connectivity index (χ4v) is 3.63. The van der Waals surface area contributed by atoms with Gasteiger partial charge in [0.15, 0.2) is 16.3 Å². The van der Waals surface area contributed by atoms with Gasteiger partial charge >= 0.3 is 5.69 Å². The predicted molar refractivity (Wildman–Crippen MR) is 103 cm³/mol. The van der Waals surface area contributed by atoms with Crippen molar-refractivity contribution in [2.75, 3.05) is 5.75 Å². The molecular weight excluding hydrogens is 376 g/mol. The van der Waals surface area contributed by atoms with Crippen LogP contribution in [0, 0.1) is 0 Å². The van der Waals surface area contributed by atoms with Crippen LogP contribution in [0.3, 0.4) is 0 Å². The van der Waals surface area contributed by atoms with Gasteiger partial charge < -0.3 is 9.67 Å². The summed E-state index contributed by atoms with van der Waals surface area (Å²) in [6.07, 6.45) is -0.518. The van der Waals surface area contributed by atoms with Crippen LogP contribution in [0.2, 0.25) is 5.02 Å². The van der Waals surface area contributed by atoms with Gasteiger partial charge in [-0.1, -0.05) is 35.5 Å². The Kier molecular flexibility index (Phi) is 5.27. The van der Waals surface area contributed by atoms with E-state index in [0.717, 1.165) is 10.1 Å². The van der Waals surface area contributed by atoms with E-state index in [1.165, 1.54) is 23.4 Å². The second-order valence-corrected chi connectivity index (χ2v) is 7.57. The van der Waals surface area contributed by atoms with E-state index in [2.05, 4.69) is 4.98 Å². The molecule has 0 radical (unpaired) electrons. The van der Waals surface area contributed by atoms with E-state index < -0.39 is 17.4 Å². The molecule has 0 aliphatic rings. The molecule has 0 amide bonds.